The second kappa shape index (κ2) is 6.39. The molecular weight excluding hydrogens is 304 g/mol. The highest BCUT2D eigenvalue weighted by Gasteiger charge is 2.26. The summed E-state index contributed by atoms with van der Waals surface area (Å²) < 4.78 is 5.25. The Balaban J connectivity index is 1.42. The van der Waals surface area contributed by atoms with E-state index in [1.54, 1.807) is 6.26 Å². The maximum Gasteiger partial charge on any atom is 0.317 e. The number of para-hydroxylation sites is 2. The number of aromatic amines is 1. The molecular formula is C18H20N4O2. The second-order valence-corrected chi connectivity index (χ2v) is 6.16. The van der Waals surface area contributed by atoms with Crippen molar-refractivity contribution in [3.63, 3.8) is 0 Å². The molecule has 6 nitrogen and oxygen atoms in total. The number of furan rings is 1. The van der Waals surface area contributed by atoms with Gasteiger partial charge in [-0.05, 0) is 37.1 Å². The topological polar surface area (TPSA) is 74.2 Å². The van der Waals surface area contributed by atoms with Gasteiger partial charge in [-0.25, -0.2) is 9.78 Å². The molecule has 24 heavy (non-hydrogen) atoms. The number of rotatable bonds is 3. The SMILES string of the molecule is O=C(NCc1ccco1)N1CCC[C@@H](c2nc3ccccc3[nH]2)C1. The first-order valence-corrected chi connectivity index (χ1v) is 8.29. The molecule has 0 radical (unpaired) electrons. The molecule has 1 atom stereocenters. The zero-order chi connectivity index (χ0) is 16.4. The summed E-state index contributed by atoms with van der Waals surface area (Å²) in [6.45, 7) is 1.88. The lowest BCUT2D eigenvalue weighted by atomic mass is 9.97. The number of carbonyl (C=O) groups is 1. The van der Waals surface area contributed by atoms with Crippen LogP contribution in [0.3, 0.4) is 0 Å². The second-order valence-electron chi connectivity index (χ2n) is 6.16. The van der Waals surface area contributed by atoms with E-state index in [4.69, 9.17) is 4.42 Å². The normalized spacial score (nSPS) is 18.0. The highest BCUT2D eigenvalue weighted by molar-refractivity contribution is 5.75. The summed E-state index contributed by atoms with van der Waals surface area (Å²) in [5.74, 6) is 1.98. The van der Waals surface area contributed by atoms with E-state index in [1.165, 1.54) is 0 Å². The molecule has 2 aromatic heterocycles. The maximum atomic E-state index is 12.4. The van der Waals surface area contributed by atoms with E-state index in [-0.39, 0.29) is 11.9 Å². The van der Waals surface area contributed by atoms with Gasteiger partial charge in [-0.3, -0.25) is 0 Å². The standard InChI is InChI=1S/C18H20N4O2/c23-18(19-11-14-6-4-10-24-14)22-9-3-5-13(12-22)17-20-15-7-1-2-8-16(15)21-17/h1-2,4,6-8,10,13H,3,5,9,11-12H2,(H,19,23)(H,20,21)/t13-/m1/s1. The van der Waals surface area contributed by atoms with Crippen molar-refractivity contribution in [1.29, 1.82) is 0 Å². The molecule has 1 aliphatic rings. The Labute approximate surface area is 139 Å². The molecule has 3 heterocycles. The number of carbonyl (C=O) groups excluding carboxylic acids is 1. The first-order chi connectivity index (χ1) is 11.8. The van der Waals surface area contributed by atoms with E-state index < -0.39 is 0 Å². The average Bonchev–Trinajstić information content (AvgIpc) is 3.29. The Morgan fingerprint density at radius 2 is 2.25 bits per heavy atom. The van der Waals surface area contributed by atoms with Crippen molar-refractivity contribution >= 4 is 17.1 Å². The van der Waals surface area contributed by atoms with Gasteiger partial charge in [0.15, 0.2) is 0 Å². The third kappa shape index (κ3) is 2.99. The fourth-order valence-electron chi connectivity index (χ4n) is 3.24. The minimum absolute atomic E-state index is 0.0489. The molecule has 3 aromatic rings. The molecule has 0 spiro atoms. The number of nitrogens with one attached hydrogen (secondary N) is 2. The van der Waals surface area contributed by atoms with Crippen LogP contribution in [-0.4, -0.2) is 34.0 Å². The molecule has 0 bridgehead atoms. The van der Waals surface area contributed by atoms with Crippen molar-refractivity contribution in [3.8, 4) is 0 Å². The van der Waals surface area contributed by atoms with Crippen LogP contribution in [0, 0.1) is 0 Å². The number of nitrogens with zero attached hydrogens (tertiary/aromatic N) is 2. The van der Waals surface area contributed by atoms with Crippen LogP contribution in [0.5, 0.6) is 0 Å². The smallest absolute Gasteiger partial charge is 0.317 e. The van der Waals surface area contributed by atoms with Gasteiger partial charge in [-0.2, -0.15) is 0 Å². The lowest BCUT2D eigenvalue weighted by molar-refractivity contribution is 0.177. The summed E-state index contributed by atoms with van der Waals surface area (Å²) in [6.07, 6.45) is 3.64. The fourth-order valence-corrected chi connectivity index (χ4v) is 3.24. The molecule has 2 N–H and O–H groups in total. The lowest BCUT2D eigenvalue weighted by Gasteiger charge is -2.31. The first kappa shape index (κ1) is 14.8. The number of amides is 2. The van der Waals surface area contributed by atoms with E-state index in [2.05, 4.69) is 15.3 Å². The quantitative estimate of drug-likeness (QED) is 0.776. The Morgan fingerprint density at radius 3 is 3.08 bits per heavy atom. The fraction of sp³-hybridized carbons (Fsp3) is 0.333. The van der Waals surface area contributed by atoms with Crippen molar-refractivity contribution in [3.05, 3.63) is 54.2 Å². The van der Waals surface area contributed by atoms with Gasteiger partial charge in [0.2, 0.25) is 0 Å². The van der Waals surface area contributed by atoms with Crippen LogP contribution in [0.2, 0.25) is 0 Å². The third-order valence-corrected chi connectivity index (χ3v) is 4.50. The zero-order valence-corrected chi connectivity index (χ0v) is 13.4. The summed E-state index contributed by atoms with van der Waals surface area (Å²) >= 11 is 0. The predicted octanol–water partition coefficient (Wildman–Crippen LogP) is 3.25. The summed E-state index contributed by atoms with van der Waals surface area (Å²) in [4.78, 5) is 22.3. The predicted molar refractivity (Wildman–Crippen MR) is 90.6 cm³/mol. The first-order valence-electron chi connectivity index (χ1n) is 8.29. The largest absolute Gasteiger partial charge is 0.467 e. The molecule has 0 aliphatic carbocycles. The van der Waals surface area contributed by atoms with E-state index in [0.29, 0.717) is 13.1 Å². The molecule has 2 amide bonds. The van der Waals surface area contributed by atoms with E-state index in [0.717, 1.165) is 42.0 Å². The number of likely N-dealkylation sites (tertiary alicyclic amines) is 1. The van der Waals surface area contributed by atoms with Crippen LogP contribution in [0.25, 0.3) is 11.0 Å². The zero-order valence-electron chi connectivity index (χ0n) is 13.4. The molecule has 1 aliphatic heterocycles. The molecule has 124 valence electrons. The van der Waals surface area contributed by atoms with Gasteiger partial charge in [0.25, 0.3) is 0 Å². The molecule has 1 fully saturated rings. The third-order valence-electron chi connectivity index (χ3n) is 4.50. The summed E-state index contributed by atoms with van der Waals surface area (Å²) in [5.41, 5.74) is 2.03. The number of urea groups is 1. The number of benzene rings is 1. The number of hydrogen-bond donors (Lipinski definition) is 2. The highest BCUT2D eigenvalue weighted by atomic mass is 16.3. The molecule has 1 aromatic carbocycles. The maximum absolute atomic E-state index is 12.4. The molecule has 0 saturated carbocycles. The Hall–Kier alpha value is -2.76. The van der Waals surface area contributed by atoms with Crippen molar-refractivity contribution in [2.75, 3.05) is 13.1 Å². The monoisotopic (exact) mass is 324 g/mol. The molecule has 4 rings (SSSR count). The van der Waals surface area contributed by atoms with Crippen molar-refractivity contribution < 1.29 is 9.21 Å². The minimum Gasteiger partial charge on any atom is -0.467 e. The number of aromatic nitrogens is 2. The van der Waals surface area contributed by atoms with Gasteiger partial charge in [-0.1, -0.05) is 12.1 Å². The Morgan fingerprint density at radius 1 is 1.33 bits per heavy atom. The van der Waals surface area contributed by atoms with Crippen molar-refractivity contribution in [2.24, 2.45) is 0 Å². The average molecular weight is 324 g/mol. The van der Waals surface area contributed by atoms with Crippen LogP contribution in [0.4, 0.5) is 4.79 Å². The van der Waals surface area contributed by atoms with Crippen LogP contribution in [0.15, 0.2) is 47.1 Å². The number of imidazole rings is 1. The van der Waals surface area contributed by atoms with Crippen LogP contribution in [0.1, 0.15) is 30.3 Å². The van der Waals surface area contributed by atoms with E-state index >= 15 is 0 Å². The highest BCUT2D eigenvalue weighted by Crippen LogP contribution is 2.26. The van der Waals surface area contributed by atoms with Crippen molar-refractivity contribution in [2.45, 2.75) is 25.3 Å². The van der Waals surface area contributed by atoms with Gasteiger partial charge in [0.05, 0.1) is 23.8 Å². The number of hydrogen-bond acceptors (Lipinski definition) is 3. The summed E-state index contributed by atoms with van der Waals surface area (Å²) in [6, 6.07) is 11.6. The number of fused-ring (bicyclic) bond motifs is 1. The summed E-state index contributed by atoms with van der Waals surface area (Å²) in [7, 11) is 0. The minimum atomic E-state index is -0.0489. The van der Waals surface area contributed by atoms with Crippen molar-refractivity contribution in [1.82, 2.24) is 20.2 Å². The van der Waals surface area contributed by atoms with Gasteiger partial charge in [0.1, 0.15) is 11.6 Å². The molecule has 6 heteroatoms. The van der Waals surface area contributed by atoms with Gasteiger partial charge in [0, 0.05) is 19.0 Å². The van der Waals surface area contributed by atoms with E-state index in [9.17, 15) is 4.79 Å². The number of piperidine rings is 1. The van der Waals surface area contributed by atoms with Gasteiger partial charge in [-0.15, -0.1) is 0 Å². The molecule has 1 saturated heterocycles. The Bertz CT molecular complexity index is 792. The van der Waals surface area contributed by atoms with Gasteiger partial charge < -0.3 is 19.6 Å². The number of H-pyrrole nitrogens is 1. The van der Waals surface area contributed by atoms with Crippen LogP contribution < -0.4 is 5.32 Å². The Kier molecular flexibility index (Phi) is 3.94. The lowest BCUT2D eigenvalue weighted by Crippen LogP contribution is -2.44. The van der Waals surface area contributed by atoms with Crippen LogP contribution in [-0.2, 0) is 6.54 Å². The van der Waals surface area contributed by atoms with Gasteiger partial charge >= 0.3 is 6.03 Å². The molecule has 0 unspecified atom stereocenters. The van der Waals surface area contributed by atoms with Crippen LogP contribution >= 0.6 is 0 Å². The van der Waals surface area contributed by atoms with E-state index in [1.807, 2.05) is 41.3 Å². The summed E-state index contributed by atoms with van der Waals surface area (Å²) in [5, 5.41) is 2.92.